The Balaban J connectivity index is 1.73. The van der Waals surface area contributed by atoms with Crippen molar-refractivity contribution in [3.8, 4) is 0 Å². The molecule has 0 bridgehead atoms. The second kappa shape index (κ2) is 5.73. The third-order valence-corrected chi connectivity index (χ3v) is 5.25. The number of hydrogen-bond acceptors (Lipinski definition) is 4. The van der Waals surface area contributed by atoms with Crippen LogP contribution in [0.1, 0.15) is 22.6 Å². The number of halogens is 1. The zero-order valence-electron chi connectivity index (χ0n) is 10.5. The van der Waals surface area contributed by atoms with Gasteiger partial charge in [-0.15, -0.1) is 11.8 Å². The van der Waals surface area contributed by atoms with Crippen molar-refractivity contribution >= 4 is 35.1 Å². The molecule has 0 saturated carbocycles. The second-order valence-electron chi connectivity index (χ2n) is 4.45. The van der Waals surface area contributed by atoms with Crippen LogP contribution in [0.2, 0.25) is 5.15 Å². The molecule has 1 aromatic heterocycles. The summed E-state index contributed by atoms with van der Waals surface area (Å²) in [6, 6.07) is 8.50. The van der Waals surface area contributed by atoms with Crippen molar-refractivity contribution in [2.45, 2.75) is 29.1 Å². The Morgan fingerprint density at radius 2 is 2.00 bits per heavy atom. The summed E-state index contributed by atoms with van der Waals surface area (Å²) in [6.45, 7) is 2.09. The Kier molecular flexibility index (Phi) is 4.01. The standard InChI is InChI=1S/C14H13ClN2S2/c1-9-2-4-10(5-3-9)19-8-13-16-12-7-18-6-11(12)14(15)17-13/h2-5H,6-8H2,1H3. The van der Waals surface area contributed by atoms with E-state index in [1.165, 1.54) is 10.5 Å². The Labute approximate surface area is 126 Å². The molecule has 19 heavy (non-hydrogen) atoms. The van der Waals surface area contributed by atoms with Gasteiger partial charge in [0.15, 0.2) is 0 Å². The van der Waals surface area contributed by atoms with Gasteiger partial charge in [0.1, 0.15) is 11.0 Å². The summed E-state index contributed by atoms with van der Waals surface area (Å²) < 4.78 is 0. The molecule has 0 amide bonds. The molecule has 3 rings (SSSR count). The molecular formula is C14H13ClN2S2. The minimum Gasteiger partial charge on any atom is -0.236 e. The summed E-state index contributed by atoms with van der Waals surface area (Å²) in [5.41, 5.74) is 3.51. The van der Waals surface area contributed by atoms with E-state index < -0.39 is 0 Å². The Morgan fingerprint density at radius 1 is 1.21 bits per heavy atom. The van der Waals surface area contributed by atoms with Gasteiger partial charge < -0.3 is 0 Å². The molecule has 0 N–H and O–H groups in total. The van der Waals surface area contributed by atoms with Gasteiger partial charge in [-0.1, -0.05) is 29.3 Å². The predicted octanol–water partition coefficient (Wildman–Crippen LogP) is 4.48. The topological polar surface area (TPSA) is 25.8 Å². The van der Waals surface area contributed by atoms with Crippen molar-refractivity contribution in [3.63, 3.8) is 0 Å². The lowest BCUT2D eigenvalue weighted by Gasteiger charge is -2.05. The van der Waals surface area contributed by atoms with E-state index in [1.54, 1.807) is 11.8 Å². The van der Waals surface area contributed by atoms with Gasteiger partial charge in [0.05, 0.1) is 11.4 Å². The molecule has 0 spiro atoms. The maximum absolute atomic E-state index is 6.20. The van der Waals surface area contributed by atoms with Gasteiger partial charge in [0.2, 0.25) is 0 Å². The van der Waals surface area contributed by atoms with Crippen molar-refractivity contribution in [3.05, 3.63) is 52.1 Å². The van der Waals surface area contributed by atoms with Crippen molar-refractivity contribution in [1.82, 2.24) is 9.97 Å². The number of fused-ring (bicyclic) bond motifs is 1. The first-order valence-corrected chi connectivity index (χ1v) is 8.55. The molecule has 0 fully saturated rings. The normalized spacial score (nSPS) is 13.6. The zero-order valence-corrected chi connectivity index (χ0v) is 12.9. The predicted molar refractivity (Wildman–Crippen MR) is 82.8 cm³/mol. The number of aryl methyl sites for hydroxylation is 1. The van der Waals surface area contributed by atoms with Gasteiger partial charge in [-0.05, 0) is 19.1 Å². The number of aromatic nitrogens is 2. The molecule has 0 saturated heterocycles. The third kappa shape index (κ3) is 3.07. The average molecular weight is 309 g/mol. The Morgan fingerprint density at radius 3 is 2.79 bits per heavy atom. The summed E-state index contributed by atoms with van der Waals surface area (Å²) in [4.78, 5) is 10.2. The largest absolute Gasteiger partial charge is 0.236 e. The van der Waals surface area contributed by atoms with Crippen LogP contribution < -0.4 is 0 Å². The van der Waals surface area contributed by atoms with Gasteiger partial charge >= 0.3 is 0 Å². The lowest BCUT2D eigenvalue weighted by Crippen LogP contribution is -1.99. The highest BCUT2D eigenvalue weighted by Gasteiger charge is 2.18. The molecule has 1 aliphatic heterocycles. The highest BCUT2D eigenvalue weighted by atomic mass is 35.5. The van der Waals surface area contributed by atoms with E-state index in [1.807, 2.05) is 11.8 Å². The van der Waals surface area contributed by atoms with E-state index in [4.69, 9.17) is 11.6 Å². The fourth-order valence-electron chi connectivity index (χ4n) is 1.91. The van der Waals surface area contributed by atoms with E-state index in [0.29, 0.717) is 5.15 Å². The summed E-state index contributed by atoms with van der Waals surface area (Å²) >= 11 is 9.80. The minimum absolute atomic E-state index is 0.634. The Hall–Kier alpha value is -0.710. The quantitative estimate of drug-likeness (QED) is 0.617. The van der Waals surface area contributed by atoms with Gasteiger partial charge in [-0.2, -0.15) is 11.8 Å². The van der Waals surface area contributed by atoms with Crippen molar-refractivity contribution in [2.24, 2.45) is 0 Å². The fraction of sp³-hybridized carbons (Fsp3) is 0.286. The smallest absolute Gasteiger partial charge is 0.140 e. The monoisotopic (exact) mass is 308 g/mol. The van der Waals surface area contributed by atoms with Crippen LogP contribution in [0.25, 0.3) is 0 Å². The van der Waals surface area contributed by atoms with Crippen LogP contribution in [0.15, 0.2) is 29.2 Å². The Bertz CT molecular complexity index is 599. The first-order chi connectivity index (χ1) is 9.22. The van der Waals surface area contributed by atoms with Gasteiger partial charge in [0, 0.05) is 22.0 Å². The number of nitrogens with zero attached hydrogens (tertiary/aromatic N) is 2. The lowest BCUT2D eigenvalue weighted by molar-refractivity contribution is 0.974. The molecule has 1 aromatic carbocycles. The van der Waals surface area contributed by atoms with Crippen molar-refractivity contribution in [2.75, 3.05) is 0 Å². The molecule has 1 aliphatic rings. The van der Waals surface area contributed by atoms with Crippen LogP contribution in [0.5, 0.6) is 0 Å². The molecule has 0 aliphatic carbocycles. The molecule has 0 radical (unpaired) electrons. The van der Waals surface area contributed by atoms with E-state index >= 15 is 0 Å². The lowest BCUT2D eigenvalue weighted by atomic mass is 10.2. The fourth-order valence-corrected chi connectivity index (χ4v) is 4.05. The number of rotatable bonds is 3. The third-order valence-electron chi connectivity index (χ3n) is 2.96. The van der Waals surface area contributed by atoms with E-state index in [9.17, 15) is 0 Å². The van der Waals surface area contributed by atoms with Crippen LogP contribution in [-0.2, 0) is 17.3 Å². The molecule has 0 unspecified atom stereocenters. The van der Waals surface area contributed by atoms with Gasteiger partial charge in [-0.3, -0.25) is 0 Å². The summed E-state index contributed by atoms with van der Waals surface area (Å²) in [5, 5.41) is 0.634. The number of benzene rings is 1. The molecule has 0 atom stereocenters. The number of thioether (sulfide) groups is 2. The molecular weight excluding hydrogens is 296 g/mol. The van der Waals surface area contributed by atoms with Crippen LogP contribution in [-0.4, -0.2) is 9.97 Å². The first-order valence-electron chi connectivity index (χ1n) is 6.04. The van der Waals surface area contributed by atoms with E-state index in [2.05, 4.69) is 41.2 Å². The van der Waals surface area contributed by atoms with Crippen LogP contribution >= 0.6 is 35.1 Å². The maximum Gasteiger partial charge on any atom is 0.140 e. The maximum atomic E-state index is 6.20. The first kappa shape index (κ1) is 13.3. The van der Waals surface area contributed by atoms with Gasteiger partial charge in [0.25, 0.3) is 0 Å². The summed E-state index contributed by atoms with van der Waals surface area (Å²) in [6.07, 6.45) is 0. The van der Waals surface area contributed by atoms with E-state index in [0.717, 1.165) is 34.3 Å². The molecule has 2 nitrogen and oxygen atoms in total. The summed E-state index contributed by atoms with van der Waals surface area (Å²) in [7, 11) is 0. The average Bonchev–Trinajstić information content (AvgIpc) is 2.87. The molecule has 98 valence electrons. The number of hydrogen-bond donors (Lipinski definition) is 0. The highest BCUT2D eigenvalue weighted by molar-refractivity contribution is 7.98. The van der Waals surface area contributed by atoms with E-state index in [-0.39, 0.29) is 0 Å². The summed E-state index contributed by atoms with van der Waals surface area (Å²) in [5.74, 6) is 3.50. The van der Waals surface area contributed by atoms with Gasteiger partial charge in [-0.25, -0.2) is 9.97 Å². The second-order valence-corrected chi connectivity index (χ2v) is 6.84. The highest BCUT2D eigenvalue weighted by Crippen LogP contribution is 2.33. The van der Waals surface area contributed by atoms with Crippen LogP contribution in [0.3, 0.4) is 0 Å². The SMILES string of the molecule is Cc1ccc(SCc2nc(Cl)c3c(n2)CSC3)cc1. The zero-order chi connectivity index (χ0) is 13.2. The molecule has 5 heteroatoms. The van der Waals surface area contributed by atoms with Crippen molar-refractivity contribution in [1.29, 1.82) is 0 Å². The van der Waals surface area contributed by atoms with Crippen LogP contribution in [0, 0.1) is 6.92 Å². The minimum atomic E-state index is 0.634. The van der Waals surface area contributed by atoms with Crippen LogP contribution in [0.4, 0.5) is 0 Å². The molecule has 2 heterocycles. The van der Waals surface area contributed by atoms with Crippen molar-refractivity contribution < 1.29 is 0 Å². The molecule has 2 aromatic rings.